The van der Waals surface area contributed by atoms with Crippen LogP contribution in [-0.4, -0.2) is 34.1 Å². The van der Waals surface area contributed by atoms with Gasteiger partial charge in [0, 0.05) is 18.8 Å². The van der Waals surface area contributed by atoms with Crippen LogP contribution in [0.5, 0.6) is 0 Å². The van der Waals surface area contributed by atoms with Gasteiger partial charge in [0.1, 0.15) is 0 Å². The number of imidazole rings is 1. The van der Waals surface area contributed by atoms with Gasteiger partial charge in [-0.2, -0.15) is 0 Å². The first-order chi connectivity index (χ1) is 9.60. The van der Waals surface area contributed by atoms with Crippen LogP contribution in [0.3, 0.4) is 0 Å². The summed E-state index contributed by atoms with van der Waals surface area (Å²) in [6, 6.07) is 0.119. The van der Waals surface area contributed by atoms with Crippen molar-refractivity contribution in [3.63, 3.8) is 0 Å². The normalized spacial score (nSPS) is 19.6. The third-order valence-corrected chi connectivity index (χ3v) is 4.46. The van der Waals surface area contributed by atoms with Gasteiger partial charge >= 0.3 is 0 Å². The molecule has 1 aliphatic heterocycles. The maximum absolute atomic E-state index is 6.32. The summed E-state index contributed by atoms with van der Waals surface area (Å²) in [7, 11) is 0. The van der Waals surface area contributed by atoms with Crippen molar-refractivity contribution in [3.8, 4) is 0 Å². The first kappa shape index (κ1) is 15.5. The average Bonchev–Trinajstić information content (AvgIpc) is 2.87. The number of hydrogen-bond acceptors (Lipinski definition) is 3. The highest BCUT2D eigenvalue weighted by Crippen LogP contribution is 2.23. The highest BCUT2D eigenvalue weighted by Gasteiger charge is 2.20. The molecular formula is C16H30N4. The number of aromatic nitrogens is 2. The average molecular weight is 278 g/mol. The SMILES string of the molecule is CCN1CCC(Cn2cncc2C(N)CC(C)C)CC1. The molecule has 1 fully saturated rings. The van der Waals surface area contributed by atoms with Crippen LogP contribution in [-0.2, 0) is 6.54 Å². The summed E-state index contributed by atoms with van der Waals surface area (Å²) in [6.45, 7) is 11.4. The Bertz CT molecular complexity index is 391. The Morgan fingerprint density at radius 3 is 2.65 bits per heavy atom. The first-order valence-corrected chi connectivity index (χ1v) is 8.08. The van der Waals surface area contributed by atoms with Crippen molar-refractivity contribution in [3.05, 3.63) is 18.2 Å². The summed E-state index contributed by atoms with van der Waals surface area (Å²) in [6.07, 6.45) is 7.53. The van der Waals surface area contributed by atoms with Crippen molar-refractivity contribution in [2.24, 2.45) is 17.6 Å². The fraction of sp³-hybridized carbons (Fsp3) is 0.812. The van der Waals surface area contributed by atoms with Crippen molar-refractivity contribution in [2.75, 3.05) is 19.6 Å². The van der Waals surface area contributed by atoms with Crippen LogP contribution in [0.25, 0.3) is 0 Å². The van der Waals surface area contributed by atoms with Gasteiger partial charge < -0.3 is 15.2 Å². The molecule has 0 amide bonds. The molecule has 1 atom stereocenters. The zero-order valence-electron chi connectivity index (χ0n) is 13.3. The molecule has 114 valence electrons. The van der Waals surface area contributed by atoms with E-state index in [1.807, 2.05) is 12.5 Å². The molecule has 2 heterocycles. The highest BCUT2D eigenvalue weighted by atomic mass is 15.1. The Balaban J connectivity index is 1.92. The molecular weight excluding hydrogens is 248 g/mol. The van der Waals surface area contributed by atoms with Crippen molar-refractivity contribution < 1.29 is 0 Å². The van der Waals surface area contributed by atoms with Crippen molar-refractivity contribution in [1.82, 2.24) is 14.5 Å². The van der Waals surface area contributed by atoms with E-state index < -0.39 is 0 Å². The molecule has 0 radical (unpaired) electrons. The van der Waals surface area contributed by atoms with Gasteiger partial charge in [-0.1, -0.05) is 20.8 Å². The number of rotatable bonds is 6. The maximum Gasteiger partial charge on any atom is 0.0948 e. The predicted octanol–water partition coefficient (Wildman–Crippen LogP) is 2.66. The molecule has 4 nitrogen and oxygen atoms in total. The van der Waals surface area contributed by atoms with Gasteiger partial charge in [0.15, 0.2) is 0 Å². The molecule has 0 aromatic carbocycles. The summed E-state index contributed by atoms with van der Waals surface area (Å²) in [5, 5.41) is 0. The lowest BCUT2D eigenvalue weighted by atomic mass is 9.96. The van der Waals surface area contributed by atoms with E-state index in [1.165, 1.54) is 38.2 Å². The van der Waals surface area contributed by atoms with E-state index in [1.54, 1.807) is 0 Å². The molecule has 1 saturated heterocycles. The van der Waals surface area contributed by atoms with Crippen LogP contribution in [0, 0.1) is 11.8 Å². The molecule has 2 N–H and O–H groups in total. The Morgan fingerprint density at radius 1 is 1.35 bits per heavy atom. The van der Waals surface area contributed by atoms with Gasteiger partial charge in [-0.3, -0.25) is 0 Å². The van der Waals surface area contributed by atoms with Crippen LogP contribution >= 0.6 is 0 Å². The van der Waals surface area contributed by atoms with E-state index in [-0.39, 0.29) is 6.04 Å². The second kappa shape index (κ2) is 7.23. The molecule has 1 unspecified atom stereocenters. The van der Waals surface area contributed by atoms with Crippen LogP contribution in [0.1, 0.15) is 51.8 Å². The maximum atomic E-state index is 6.32. The van der Waals surface area contributed by atoms with Gasteiger partial charge in [0.2, 0.25) is 0 Å². The van der Waals surface area contributed by atoms with Gasteiger partial charge in [-0.05, 0) is 50.7 Å². The topological polar surface area (TPSA) is 47.1 Å². The first-order valence-electron chi connectivity index (χ1n) is 8.08. The number of piperidine rings is 1. The Kier molecular flexibility index (Phi) is 5.61. The van der Waals surface area contributed by atoms with Gasteiger partial charge in [-0.25, -0.2) is 4.98 Å². The molecule has 1 aromatic heterocycles. The van der Waals surface area contributed by atoms with Gasteiger partial charge in [0.05, 0.1) is 12.0 Å². The van der Waals surface area contributed by atoms with Crippen molar-refractivity contribution >= 4 is 0 Å². The fourth-order valence-corrected chi connectivity index (χ4v) is 3.18. The minimum atomic E-state index is 0.119. The lowest BCUT2D eigenvalue weighted by Crippen LogP contribution is -2.35. The van der Waals surface area contributed by atoms with E-state index in [0.29, 0.717) is 5.92 Å². The summed E-state index contributed by atoms with van der Waals surface area (Å²) in [5.41, 5.74) is 7.53. The molecule has 0 saturated carbocycles. The zero-order valence-corrected chi connectivity index (χ0v) is 13.3. The van der Waals surface area contributed by atoms with Crippen LogP contribution in [0.4, 0.5) is 0 Å². The van der Waals surface area contributed by atoms with E-state index in [9.17, 15) is 0 Å². The highest BCUT2D eigenvalue weighted by molar-refractivity contribution is 5.05. The van der Waals surface area contributed by atoms with Crippen LogP contribution in [0.2, 0.25) is 0 Å². The molecule has 0 bridgehead atoms. The second-order valence-corrected chi connectivity index (χ2v) is 6.58. The summed E-state index contributed by atoms with van der Waals surface area (Å²) in [4.78, 5) is 6.86. The number of hydrogen-bond donors (Lipinski definition) is 1. The Hall–Kier alpha value is -0.870. The molecule has 1 aromatic rings. The largest absolute Gasteiger partial charge is 0.333 e. The standard InChI is InChI=1S/C16H30N4/c1-4-19-7-5-14(6-8-19)11-20-12-18-10-16(20)15(17)9-13(2)3/h10,12-15H,4-9,11,17H2,1-3H3. The second-order valence-electron chi connectivity index (χ2n) is 6.58. The number of nitrogens with two attached hydrogens (primary N) is 1. The van der Waals surface area contributed by atoms with E-state index in [0.717, 1.165) is 18.9 Å². The molecule has 2 rings (SSSR count). The third kappa shape index (κ3) is 4.06. The lowest BCUT2D eigenvalue weighted by molar-refractivity contribution is 0.180. The third-order valence-electron chi connectivity index (χ3n) is 4.46. The summed E-state index contributed by atoms with van der Waals surface area (Å²) >= 11 is 0. The van der Waals surface area contributed by atoms with Crippen molar-refractivity contribution in [2.45, 2.75) is 52.6 Å². The molecule has 0 aliphatic carbocycles. The zero-order chi connectivity index (χ0) is 14.5. The predicted molar refractivity (Wildman–Crippen MR) is 83.4 cm³/mol. The Morgan fingerprint density at radius 2 is 2.05 bits per heavy atom. The quantitative estimate of drug-likeness (QED) is 0.870. The Labute approximate surface area is 123 Å². The smallest absolute Gasteiger partial charge is 0.0948 e. The molecule has 4 heteroatoms. The monoisotopic (exact) mass is 278 g/mol. The summed E-state index contributed by atoms with van der Waals surface area (Å²) in [5.74, 6) is 1.40. The molecule has 20 heavy (non-hydrogen) atoms. The molecule has 0 spiro atoms. The fourth-order valence-electron chi connectivity index (χ4n) is 3.18. The van der Waals surface area contributed by atoms with Crippen LogP contribution < -0.4 is 5.73 Å². The molecule has 1 aliphatic rings. The minimum Gasteiger partial charge on any atom is -0.333 e. The van der Waals surface area contributed by atoms with E-state index in [4.69, 9.17) is 5.73 Å². The van der Waals surface area contributed by atoms with Gasteiger partial charge in [-0.15, -0.1) is 0 Å². The van der Waals surface area contributed by atoms with E-state index >= 15 is 0 Å². The van der Waals surface area contributed by atoms with Crippen LogP contribution in [0.15, 0.2) is 12.5 Å². The lowest BCUT2D eigenvalue weighted by Gasteiger charge is -2.31. The minimum absolute atomic E-state index is 0.119. The number of nitrogens with zero attached hydrogens (tertiary/aromatic N) is 3. The summed E-state index contributed by atoms with van der Waals surface area (Å²) < 4.78 is 2.29. The van der Waals surface area contributed by atoms with Gasteiger partial charge in [0.25, 0.3) is 0 Å². The number of likely N-dealkylation sites (tertiary alicyclic amines) is 1. The van der Waals surface area contributed by atoms with E-state index in [2.05, 4.69) is 35.2 Å². The van der Waals surface area contributed by atoms with Crippen molar-refractivity contribution in [1.29, 1.82) is 0 Å².